The number of aromatic nitrogens is 1. The van der Waals surface area contributed by atoms with Crippen LogP contribution in [0, 0.1) is 11.3 Å². The van der Waals surface area contributed by atoms with Gasteiger partial charge in [0.1, 0.15) is 16.8 Å². The Hall–Kier alpha value is -2.52. The van der Waals surface area contributed by atoms with Gasteiger partial charge >= 0.3 is 0 Å². The number of hydrogen-bond donors (Lipinski definition) is 1. The molecule has 1 aliphatic rings. The third-order valence-electron chi connectivity index (χ3n) is 5.17. The molecular weight excluding hydrogens is 382 g/mol. The maximum atomic E-state index is 12.9. The van der Waals surface area contributed by atoms with Crippen LogP contribution in [0.3, 0.4) is 0 Å². The fourth-order valence-electron chi connectivity index (χ4n) is 3.56. The Kier molecular flexibility index (Phi) is 7.54. The molecule has 1 unspecified atom stereocenters. The van der Waals surface area contributed by atoms with Crippen molar-refractivity contribution in [3.05, 3.63) is 47.2 Å². The van der Waals surface area contributed by atoms with Gasteiger partial charge in [-0.05, 0) is 55.9 Å². The SMILES string of the molecule is CCC(Sc1nc2c(cc1C#N)CCCCCC2)C(=O)Nc1ccccc1OC. The summed E-state index contributed by atoms with van der Waals surface area (Å²) in [5, 5.41) is 12.9. The van der Waals surface area contributed by atoms with E-state index in [1.807, 2.05) is 37.3 Å². The lowest BCUT2D eigenvalue weighted by Crippen LogP contribution is -2.25. The van der Waals surface area contributed by atoms with E-state index in [4.69, 9.17) is 9.72 Å². The average Bonchev–Trinajstić information content (AvgIpc) is 2.73. The van der Waals surface area contributed by atoms with Gasteiger partial charge in [-0.3, -0.25) is 4.79 Å². The number of methoxy groups -OCH3 is 1. The Morgan fingerprint density at radius 3 is 2.76 bits per heavy atom. The van der Waals surface area contributed by atoms with Gasteiger partial charge in [0.2, 0.25) is 5.91 Å². The van der Waals surface area contributed by atoms with Crippen molar-refractivity contribution in [1.82, 2.24) is 4.98 Å². The number of amides is 1. The summed E-state index contributed by atoms with van der Waals surface area (Å²) in [4.78, 5) is 17.7. The highest BCUT2D eigenvalue weighted by Crippen LogP contribution is 2.32. The van der Waals surface area contributed by atoms with Gasteiger partial charge in [-0.15, -0.1) is 0 Å². The Balaban J connectivity index is 1.81. The number of nitrogens with zero attached hydrogens (tertiary/aromatic N) is 2. The van der Waals surface area contributed by atoms with Crippen LogP contribution in [0.1, 0.15) is 55.8 Å². The van der Waals surface area contributed by atoms with E-state index in [0.717, 1.165) is 31.4 Å². The summed E-state index contributed by atoms with van der Waals surface area (Å²) >= 11 is 1.38. The number of carbonyl (C=O) groups excluding carboxylic acids is 1. The molecule has 6 heteroatoms. The lowest BCUT2D eigenvalue weighted by molar-refractivity contribution is -0.115. The van der Waals surface area contributed by atoms with Crippen LogP contribution in [0.2, 0.25) is 0 Å². The lowest BCUT2D eigenvalue weighted by Gasteiger charge is -2.18. The zero-order valence-corrected chi connectivity index (χ0v) is 17.8. The van der Waals surface area contributed by atoms with Crippen molar-refractivity contribution in [3.8, 4) is 11.8 Å². The minimum absolute atomic E-state index is 0.112. The summed E-state index contributed by atoms with van der Waals surface area (Å²) in [5.74, 6) is 0.511. The second kappa shape index (κ2) is 10.3. The van der Waals surface area contributed by atoms with Gasteiger partial charge in [-0.2, -0.15) is 5.26 Å². The number of nitriles is 1. The molecule has 152 valence electrons. The molecule has 0 saturated heterocycles. The van der Waals surface area contributed by atoms with Crippen molar-refractivity contribution in [3.63, 3.8) is 0 Å². The Morgan fingerprint density at radius 1 is 1.28 bits per heavy atom. The summed E-state index contributed by atoms with van der Waals surface area (Å²) in [6.45, 7) is 1.97. The van der Waals surface area contributed by atoms with Gasteiger partial charge in [0.15, 0.2) is 0 Å². The molecule has 5 nitrogen and oxygen atoms in total. The van der Waals surface area contributed by atoms with E-state index in [1.165, 1.54) is 30.2 Å². The standard InChI is InChI=1S/C23H27N3O2S/c1-3-21(22(27)25-19-12-8-9-13-20(19)28-2)29-23-17(15-24)14-16-10-6-4-5-7-11-18(16)26-23/h8-9,12-14,21H,3-7,10-11H2,1-2H3,(H,25,27). The molecule has 1 aliphatic carbocycles. The van der Waals surface area contributed by atoms with Crippen molar-refractivity contribution < 1.29 is 9.53 Å². The number of carbonyl (C=O) groups is 1. The molecular formula is C23H27N3O2S. The summed E-state index contributed by atoms with van der Waals surface area (Å²) < 4.78 is 5.32. The van der Waals surface area contributed by atoms with E-state index < -0.39 is 0 Å². The normalized spacial score (nSPS) is 14.7. The number of nitrogens with one attached hydrogen (secondary N) is 1. The van der Waals surface area contributed by atoms with Gasteiger partial charge in [-0.1, -0.05) is 43.7 Å². The molecule has 0 saturated carbocycles. The molecule has 2 aromatic rings. The number of anilines is 1. The molecule has 3 rings (SSSR count). The molecule has 1 aromatic carbocycles. The fraction of sp³-hybridized carbons (Fsp3) is 0.435. The third kappa shape index (κ3) is 5.30. The lowest BCUT2D eigenvalue weighted by atomic mass is 9.96. The van der Waals surface area contributed by atoms with Crippen LogP contribution in [0.5, 0.6) is 5.75 Å². The number of rotatable bonds is 6. The summed E-state index contributed by atoms with van der Waals surface area (Å²) in [7, 11) is 1.58. The van der Waals surface area contributed by atoms with E-state index in [9.17, 15) is 10.1 Å². The maximum absolute atomic E-state index is 12.9. The molecule has 0 aliphatic heterocycles. The molecule has 0 spiro atoms. The molecule has 29 heavy (non-hydrogen) atoms. The third-order valence-corrected chi connectivity index (χ3v) is 6.53. The van der Waals surface area contributed by atoms with E-state index in [0.29, 0.717) is 28.4 Å². The summed E-state index contributed by atoms with van der Waals surface area (Å²) in [6.07, 6.45) is 7.29. The van der Waals surface area contributed by atoms with E-state index in [1.54, 1.807) is 7.11 Å². The minimum atomic E-state index is -0.342. The fourth-order valence-corrected chi connectivity index (χ4v) is 4.55. The second-order valence-electron chi connectivity index (χ2n) is 7.18. The number of benzene rings is 1. The predicted molar refractivity (Wildman–Crippen MR) is 116 cm³/mol. The molecule has 1 aromatic heterocycles. The molecule has 1 amide bonds. The van der Waals surface area contributed by atoms with Crippen molar-refractivity contribution in [1.29, 1.82) is 5.26 Å². The zero-order valence-electron chi connectivity index (χ0n) is 17.0. The summed E-state index contributed by atoms with van der Waals surface area (Å²) in [6, 6.07) is 11.6. The molecule has 1 heterocycles. The first kappa shape index (κ1) is 21.2. The van der Waals surface area contributed by atoms with Crippen molar-refractivity contribution in [2.24, 2.45) is 0 Å². The van der Waals surface area contributed by atoms with E-state index in [2.05, 4.69) is 11.4 Å². The van der Waals surface area contributed by atoms with Crippen LogP contribution < -0.4 is 10.1 Å². The van der Waals surface area contributed by atoms with E-state index in [-0.39, 0.29) is 11.2 Å². The number of aryl methyl sites for hydroxylation is 2. The topological polar surface area (TPSA) is 75.0 Å². The number of hydrogen-bond acceptors (Lipinski definition) is 5. The highest BCUT2D eigenvalue weighted by molar-refractivity contribution is 8.00. The zero-order chi connectivity index (χ0) is 20.6. The van der Waals surface area contributed by atoms with Crippen molar-refractivity contribution in [2.75, 3.05) is 12.4 Å². The van der Waals surface area contributed by atoms with Crippen LogP contribution in [0.15, 0.2) is 35.4 Å². The predicted octanol–water partition coefficient (Wildman–Crippen LogP) is 5.13. The highest BCUT2D eigenvalue weighted by atomic mass is 32.2. The quantitative estimate of drug-likeness (QED) is 0.670. The van der Waals surface area contributed by atoms with Crippen LogP contribution in [-0.4, -0.2) is 23.3 Å². The highest BCUT2D eigenvalue weighted by Gasteiger charge is 2.23. The van der Waals surface area contributed by atoms with Crippen LogP contribution >= 0.6 is 11.8 Å². The number of ether oxygens (including phenoxy) is 1. The molecule has 0 radical (unpaired) electrons. The molecule has 0 bridgehead atoms. The van der Waals surface area contributed by atoms with Crippen LogP contribution in [0.25, 0.3) is 0 Å². The monoisotopic (exact) mass is 409 g/mol. The molecule has 1 atom stereocenters. The molecule has 0 fully saturated rings. The van der Waals surface area contributed by atoms with Crippen molar-refractivity contribution in [2.45, 2.75) is 62.1 Å². The Morgan fingerprint density at radius 2 is 2.03 bits per heavy atom. The van der Waals surface area contributed by atoms with Crippen LogP contribution in [-0.2, 0) is 17.6 Å². The first-order valence-electron chi connectivity index (χ1n) is 10.2. The number of pyridine rings is 1. The maximum Gasteiger partial charge on any atom is 0.238 e. The van der Waals surface area contributed by atoms with Gasteiger partial charge < -0.3 is 10.1 Å². The van der Waals surface area contributed by atoms with E-state index >= 15 is 0 Å². The van der Waals surface area contributed by atoms with Crippen molar-refractivity contribution >= 4 is 23.4 Å². The number of para-hydroxylation sites is 2. The van der Waals surface area contributed by atoms with Gasteiger partial charge in [0.05, 0.1) is 23.6 Å². The summed E-state index contributed by atoms with van der Waals surface area (Å²) in [5.41, 5.74) is 3.49. The first-order chi connectivity index (χ1) is 14.2. The van der Waals surface area contributed by atoms with Gasteiger partial charge in [0, 0.05) is 5.69 Å². The first-order valence-corrected chi connectivity index (χ1v) is 11.1. The Bertz CT molecular complexity index is 907. The van der Waals surface area contributed by atoms with Gasteiger partial charge in [0.25, 0.3) is 0 Å². The largest absolute Gasteiger partial charge is 0.495 e. The Labute approximate surface area is 176 Å². The number of fused-ring (bicyclic) bond motifs is 1. The van der Waals surface area contributed by atoms with Crippen LogP contribution in [0.4, 0.5) is 5.69 Å². The minimum Gasteiger partial charge on any atom is -0.495 e. The smallest absolute Gasteiger partial charge is 0.238 e. The second-order valence-corrected chi connectivity index (χ2v) is 8.37. The van der Waals surface area contributed by atoms with Gasteiger partial charge in [-0.25, -0.2) is 4.98 Å². The number of thioether (sulfide) groups is 1. The average molecular weight is 410 g/mol. The molecule has 1 N–H and O–H groups in total.